The van der Waals surface area contributed by atoms with Gasteiger partial charge in [0.05, 0.1) is 23.1 Å². The molecule has 0 saturated carbocycles. The van der Waals surface area contributed by atoms with E-state index in [1.807, 2.05) is 0 Å². The molecule has 2 heterocycles. The van der Waals surface area contributed by atoms with E-state index in [1.165, 1.54) is 0 Å². The molecule has 0 radical (unpaired) electrons. The summed E-state index contributed by atoms with van der Waals surface area (Å²) >= 11 is 0. The highest BCUT2D eigenvalue weighted by molar-refractivity contribution is 5.95. The number of carbonyl (C=O) groups is 1. The lowest BCUT2D eigenvalue weighted by molar-refractivity contribution is -0.137. The minimum Gasteiger partial charge on any atom is -0.487 e. The molecule has 1 aromatic heterocycles. The van der Waals surface area contributed by atoms with Crippen LogP contribution in [0.1, 0.15) is 16.7 Å². The molecule has 0 N–H and O–H groups in total. The number of carbonyl (C=O) groups excluding carboxylic acids is 1. The topological polar surface area (TPSA) is 76.1 Å². The van der Waals surface area contributed by atoms with Crippen molar-refractivity contribution >= 4 is 16.7 Å². The van der Waals surface area contributed by atoms with Gasteiger partial charge in [0.15, 0.2) is 11.5 Å². The first-order valence-electron chi connectivity index (χ1n) is 12.7. The molecule has 0 aliphatic carbocycles. The summed E-state index contributed by atoms with van der Waals surface area (Å²) in [6.07, 6.45) is -3.58. The highest BCUT2D eigenvalue weighted by Crippen LogP contribution is 2.48. The molecular weight excluding hydrogens is 546 g/mol. The van der Waals surface area contributed by atoms with Crippen LogP contribution in [0, 0.1) is 5.82 Å². The summed E-state index contributed by atoms with van der Waals surface area (Å²) in [5.41, 5.74) is -0.125. The number of methoxy groups -OCH3 is 1. The van der Waals surface area contributed by atoms with Crippen molar-refractivity contribution in [1.29, 1.82) is 0 Å². The van der Waals surface area contributed by atoms with Gasteiger partial charge in [-0.15, -0.1) is 0 Å². The van der Waals surface area contributed by atoms with Crippen LogP contribution in [-0.4, -0.2) is 44.3 Å². The zero-order valence-electron chi connectivity index (χ0n) is 21.9. The van der Waals surface area contributed by atoms with Crippen LogP contribution in [0.25, 0.3) is 10.9 Å². The molecule has 5 rings (SSSR count). The number of pyridine rings is 1. The lowest BCUT2D eigenvalue weighted by atomic mass is 10.0. The Morgan fingerprint density at radius 1 is 0.927 bits per heavy atom. The lowest BCUT2D eigenvalue weighted by Crippen LogP contribution is -2.17. The average Bonchev–Trinajstić information content (AvgIpc) is 2.95. The number of hydrogen-bond donors (Lipinski definition) is 0. The first-order valence-corrected chi connectivity index (χ1v) is 12.7. The Bertz CT molecular complexity index is 1560. The number of fused-ring (bicyclic) bond motifs is 3. The first-order chi connectivity index (χ1) is 19.7. The maximum Gasteiger partial charge on any atom is 0.416 e. The van der Waals surface area contributed by atoms with E-state index in [0.717, 1.165) is 6.07 Å². The summed E-state index contributed by atoms with van der Waals surface area (Å²) < 4.78 is 81.7. The predicted molar refractivity (Wildman–Crippen MR) is 140 cm³/mol. The molecule has 0 amide bonds. The largest absolute Gasteiger partial charge is 0.487 e. The van der Waals surface area contributed by atoms with Crippen molar-refractivity contribution in [2.45, 2.75) is 19.0 Å². The van der Waals surface area contributed by atoms with Crippen molar-refractivity contribution in [3.05, 3.63) is 83.3 Å². The van der Waals surface area contributed by atoms with Crippen molar-refractivity contribution in [2.24, 2.45) is 0 Å². The van der Waals surface area contributed by atoms with Gasteiger partial charge < -0.3 is 23.7 Å². The van der Waals surface area contributed by atoms with Gasteiger partial charge in [-0.25, -0.2) is 4.39 Å². The maximum absolute atomic E-state index is 14.1. The minimum atomic E-state index is -4.62. The minimum absolute atomic E-state index is 0.0846. The molecule has 41 heavy (non-hydrogen) atoms. The number of Topliss-reactive ketones (excluding diaryl/α,β-unsaturated/α-hetero) is 1. The molecule has 1 aliphatic rings. The van der Waals surface area contributed by atoms with Gasteiger partial charge in [0.1, 0.15) is 42.9 Å². The van der Waals surface area contributed by atoms with Crippen molar-refractivity contribution in [1.82, 2.24) is 4.98 Å². The molecular formula is C30H25F4NO6. The monoisotopic (exact) mass is 571 g/mol. The fourth-order valence-corrected chi connectivity index (χ4v) is 4.39. The SMILES string of the molecule is COCCOc1cc2nccc(Oc3ccc(CC(=O)Cc4cc(C(F)(F)F)ccc4F)cc3)c2c2c1OCCO2. The van der Waals surface area contributed by atoms with E-state index in [4.69, 9.17) is 23.7 Å². The van der Waals surface area contributed by atoms with E-state index in [-0.39, 0.29) is 12.0 Å². The second-order valence-electron chi connectivity index (χ2n) is 9.22. The van der Waals surface area contributed by atoms with Crippen LogP contribution in [0.5, 0.6) is 28.7 Å². The van der Waals surface area contributed by atoms with Gasteiger partial charge in [0.2, 0.25) is 5.75 Å². The zero-order chi connectivity index (χ0) is 29.0. The third-order valence-corrected chi connectivity index (χ3v) is 6.30. The molecule has 3 aromatic carbocycles. The number of hydrogen-bond acceptors (Lipinski definition) is 7. The number of halogens is 4. The fraction of sp³-hybridized carbons (Fsp3) is 0.267. The van der Waals surface area contributed by atoms with Crippen molar-refractivity contribution in [3.8, 4) is 28.7 Å². The molecule has 7 nitrogen and oxygen atoms in total. The summed E-state index contributed by atoms with van der Waals surface area (Å²) in [7, 11) is 1.58. The molecule has 0 bridgehead atoms. The number of alkyl halides is 3. The average molecular weight is 572 g/mol. The van der Waals surface area contributed by atoms with E-state index in [9.17, 15) is 22.4 Å². The number of benzene rings is 3. The summed E-state index contributed by atoms with van der Waals surface area (Å²) in [6.45, 7) is 1.41. The molecule has 4 aromatic rings. The predicted octanol–water partition coefficient (Wildman–Crippen LogP) is 6.34. The lowest BCUT2D eigenvalue weighted by Gasteiger charge is -2.23. The van der Waals surface area contributed by atoms with Gasteiger partial charge in [0, 0.05) is 32.2 Å². The van der Waals surface area contributed by atoms with Crippen molar-refractivity contribution in [2.75, 3.05) is 33.5 Å². The van der Waals surface area contributed by atoms with Crippen LogP contribution in [0.4, 0.5) is 17.6 Å². The second kappa shape index (κ2) is 12.0. The van der Waals surface area contributed by atoms with E-state index in [2.05, 4.69) is 4.98 Å². The van der Waals surface area contributed by atoms with Crippen LogP contribution in [0.3, 0.4) is 0 Å². The Morgan fingerprint density at radius 3 is 2.41 bits per heavy atom. The third kappa shape index (κ3) is 6.51. The molecule has 1 aliphatic heterocycles. The van der Waals surface area contributed by atoms with Crippen molar-refractivity contribution in [3.63, 3.8) is 0 Å². The summed E-state index contributed by atoms with van der Waals surface area (Å²) in [6, 6.07) is 12.1. The Balaban J connectivity index is 1.32. The molecule has 214 valence electrons. The van der Waals surface area contributed by atoms with Crippen molar-refractivity contribution < 1.29 is 46.0 Å². The normalized spacial score (nSPS) is 12.8. The van der Waals surface area contributed by atoms with E-state index >= 15 is 0 Å². The maximum atomic E-state index is 14.1. The fourth-order valence-electron chi connectivity index (χ4n) is 4.39. The zero-order valence-corrected chi connectivity index (χ0v) is 21.9. The summed E-state index contributed by atoms with van der Waals surface area (Å²) in [5.74, 6) is 1.02. The highest BCUT2D eigenvalue weighted by atomic mass is 19.4. The van der Waals surface area contributed by atoms with Gasteiger partial charge in [-0.05, 0) is 47.5 Å². The highest BCUT2D eigenvalue weighted by Gasteiger charge is 2.31. The Labute approximate surface area is 232 Å². The van der Waals surface area contributed by atoms with Gasteiger partial charge >= 0.3 is 6.18 Å². The van der Waals surface area contributed by atoms with Crippen LogP contribution >= 0.6 is 0 Å². The molecule has 0 atom stereocenters. The van der Waals surface area contributed by atoms with E-state index < -0.39 is 29.8 Å². The van der Waals surface area contributed by atoms with E-state index in [0.29, 0.717) is 83.8 Å². The Hall–Kier alpha value is -4.38. The number of nitrogens with zero attached hydrogens (tertiary/aromatic N) is 1. The Morgan fingerprint density at radius 2 is 1.68 bits per heavy atom. The molecule has 0 saturated heterocycles. The number of ketones is 1. The van der Waals surface area contributed by atoms with Crippen LogP contribution in [0.15, 0.2) is 60.8 Å². The van der Waals surface area contributed by atoms with Gasteiger partial charge in [-0.3, -0.25) is 9.78 Å². The van der Waals surface area contributed by atoms with Crippen LogP contribution in [-0.2, 0) is 28.5 Å². The van der Waals surface area contributed by atoms with Gasteiger partial charge in [-0.1, -0.05) is 12.1 Å². The smallest absolute Gasteiger partial charge is 0.416 e. The Kier molecular flexibility index (Phi) is 8.25. The molecule has 11 heteroatoms. The molecule has 0 spiro atoms. The molecule has 0 fully saturated rings. The first kappa shape index (κ1) is 28.2. The summed E-state index contributed by atoms with van der Waals surface area (Å²) in [4.78, 5) is 17.0. The third-order valence-electron chi connectivity index (χ3n) is 6.30. The van der Waals surface area contributed by atoms with E-state index in [1.54, 1.807) is 49.7 Å². The second-order valence-corrected chi connectivity index (χ2v) is 9.22. The van der Waals surface area contributed by atoms with Crippen LogP contribution < -0.4 is 18.9 Å². The van der Waals surface area contributed by atoms with Crippen LogP contribution in [0.2, 0.25) is 0 Å². The number of rotatable bonds is 10. The van der Waals surface area contributed by atoms with Gasteiger partial charge in [-0.2, -0.15) is 13.2 Å². The van der Waals surface area contributed by atoms with Gasteiger partial charge in [0.25, 0.3) is 0 Å². The summed E-state index contributed by atoms with van der Waals surface area (Å²) in [5, 5.41) is 0.601. The number of aromatic nitrogens is 1. The number of ether oxygens (including phenoxy) is 5. The quantitative estimate of drug-likeness (QED) is 0.163. The standard InChI is InChI=1S/C30H25F4NO6/c1-37-10-11-38-26-17-24-27(29-28(26)39-12-13-40-29)25(8-9-35-24)41-22-5-2-18(3-6-22)14-21(36)16-19-15-20(30(32,33)34)4-7-23(19)31/h2-9,15,17H,10-14,16H2,1H3. The molecule has 0 unspecified atom stereocenters.